The molecule has 0 aliphatic carbocycles. The average molecular weight is 319 g/mol. The van der Waals surface area contributed by atoms with Crippen LogP contribution in [-0.2, 0) is 7.05 Å². The number of nitrogens with zero attached hydrogens (tertiary/aromatic N) is 1. The molecule has 1 aromatic heterocycles. The van der Waals surface area contributed by atoms with Gasteiger partial charge in [0.2, 0.25) is 0 Å². The van der Waals surface area contributed by atoms with Crippen molar-refractivity contribution >= 4 is 16.9 Å². The topological polar surface area (TPSA) is 77.8 Å². The van der Waals surface area contributed by atoms with Gasteiger partial charge in [-0.05, 0) is 18.6 Å². The number of aromatic carboxylic acids is 1. The van der Waals surface area contributed by atoms with Gasteiger partial charge < -0.3 is 19.1 Å². The predicted molar refractivity (Wildman–Crippen MR) is 87.7 cm³/mol. The summed E-state index contributed by atoms with van der Waals surface area (Å²) in [4.78, 5) is 23.3. The highest BCUT2D eigenvalue weighted by atomic mass is 16.5. The van der Waals surface area contributed by atoms with E-state index in [1.807, 2.05) is 0 Å². The van der Waals surface area contributed by atoms with Crippen LogP contribution < -0.4 is 15.0 Å². The number of benzene rings is 1. The number of carboxylic acid groups (broad SMARTS) is 1. The lowest BCUT2D eigenvalue weighted by Gasteiger charge is -2.14. The number of carboxylic acids is 1. The van der Waals surface area contributed by atoms with Crippen LogP contribution in [0, 0.1) is 0 Å². The third kappa shape index (κ3) is 3.47. The molecule has 0 atom stereocenters. The van der Waals surface area contributed by atoms with Crippen molar-refractivity contribution < 1.29 is 19.4 Å². The van der Waals surface area contributed by atoms with E-state index in [0.717, 1.165) is 19.3 Å². The highest BCUT2D eigenvalue weighted by Gasteiger charge is 2.15. The number of aromatic nitrogens is 1. The zero-order valence-electron chi connectivity index (χ0n) is 13.6. The quantitative estimate of drug-likeness (QED) is 0.794. The summed E-state index contributed by atoms with van der Waals surface area (Å²) in [5.74, 6) is -0.174. The molecule has 6 heteroatoms. The lowest BCUT2D eigenvalue weighted by atomic mass is 10.1. The van der Waals surface area contributed by atoms with Crippen LogP contribution >= 0.6 is 0 Å². The Morgan fingerprint density at radius 2 is 1.96 bits per heavy atom. The average Bonchev–Trinajstić information content (AvgIpc) is 2.54. The fourth-order valence-corrected chi connectivity index (χ4v) is 2.44. The first-order valence-corrected chi connectivity index (χ1v) is 7.57. The number of unbranched alkanes of at least 4 members (excludes halogenated alkanes) is 2. The molecule has 23 heavy (non-hydrogen) atoms. The van der Waals surface area contributed by atoms with Gasteiger partial charge in [-0.3, -0.25) is 4.79 Å². The Bertz CT molecular complexity index is 779. The third-order valence-corrected chi connectivity index (χ3v) is 3.75. The van der Waals surface area contributed by atoms with E-state index in [-0.39, 0.29) is 5.56 Å². The Labute approximate surface area is 134 Å². The van der Waals surface area contributed by atoms with Crippen molar-refractivity contribution in [3.8, 4) is 11.5 Å². The Morgan fingerprint density at radius 1 is 1.22 bits per heavy atom. The molecule has 0 amide bonds. The molecule has 0 aliphatic heterocycles. The molecule has 0 saturated carbocycles. The van der Waals surface area contributed by atoms with Gasteiger partial charge in [-0.15, -0.1) is 0 Å². The Morgan fingerprint density at radius 3 is 2.57 bits per heavy atom. The van der Waals surface area contributed by atoms with Gasteiger partial charge in [0, 0.05) is 18.5 Å². The van der Waals surface area contributed by atoms with Gasteiger partial charge >= 0.3 is 5.97 Å². The van der Waals surface area contributed by atoms with Gasteiger partial charge in [-0.25, -0.2) is 4.79 Å². The molecule has 2 aromatic rings. The fraction of sp³-hybridized carbons (Fsp3) is 0.412. The lowest BCUT2D eigenvalue weighted by Crippen LogP contribution is -2.24. The summed E-state index contributed by atoms with van der Waals surface area (Å²) in [5.41, 5.74) is -0.219. The SMILES string of the molecule is CCCCCOc1cc2cc(C(=O)O)c(=O)n(C)c2cc1OC. The summed E-state index contributed by atoms with van der Waals surface area (Å²) >= 11 is 0. The highest BCUT2D eigenvalue weighted by Crippen LogP contribution is 2.32. The van der Waals surface area contributed by atoms with Crippen molar-refractivity contribution in [3.63, 3.8) is 0 Å². The molecule has 2 rings (SSSR count). The van der Waals surface area contributed by atoms with Crippen molar-refractivity contribution in [1.82, 2.24) is 4.57 Å². The van der Waals surface area contributed by atoms with Crippen molar-refractivity contribution in [1.29, 1.82) is 0 Å². The number of fused-ring (bicyclic) bond motifs is 1. The minimum absolute atomic E-state index is 0.262. The van der Waals surface area contributed by atoms with Gasteiger partial charge in [-0.2, -0.15) is 0 Å². The first-order chi connectivity index (χ1) is 11.0. The fourth-order valence-electron chi connectivity index (χ4n) is 2.44. The monoisotopic (exact) mass is 319 g/mol. The summed E-state index contributed by atoms with van der Waals surface area (Å²) < 4.78 is 12.4. The van der Waals surface area contributed by atoms with Crippen LogP contribution in [-0.4, -0.2) is 29.4 Å². The van der Waals surface area contributed by atoms with Gasteiger partial charge in [0.05, 0.1) is 19.2 Å². The molecule has 0 bridgehead atoms. The van der Waals surface area contributed by atoms with Gasteiger partial charge in [0.15, 0.2) is 11.5 Å². The summed E-state index contributed by atoms with van der Waals surface area (Å²) in [7, 11) is 3.07. The van der Waals surface area contributed by atoms with Crippen LogP contribution in [0.15, 0.2) is 23.0 Å². The molecule has 124 valence electrons. The first-order valence-electron chi connectivity index (χ1n) is 7.57. The Balaban J connectivity index is 2.51. The third-order valence-electron chi connectivity index (χ3n) is 3.75. The highest BCUT2D eigenvalue weighted by molar-refractivity contribution is 5.93. The van der Waals surface area contributed by atoms with E-state index in [1.165, 1.54) is 17.7 Å². The summed E-state index contributed by atoms with van der Waals surface area (Å²) in [5, 5.41) is 9.77. The van der Waals surface area contributed by atoms with E-state index in [4.69, 9.17) is 14.6 Å². The van der Waals surface area contributed by atoms with Crippen LogP contribution in [0.3, 0.4) is 0 Å². The second-order valence-corrected chi connectivity index (χ2v) is 5.34. The van der Waals surface area contributed by atoms with Crippen molar-refractivity contribution in [3.05, 3.63) is 34.1 Å². The molecule has 0 unspecified atom stereocenters. The molecule has 0 radical (unpaired) electrons. The van der Waals surface area contributed by atoms with E-state index >= 15 is 0 Å². The molecule has 0 spiro atoms. The minimum Gasteiger partial charge on any atom is -0.493 e. The van der Waals surface area contributed by atoms with E-state index in [1.54, 1.807) is 19.2 Å². The number of hydrogen-bond acceptors (Lipinski definition) is 4. The number of aryl methyl sites for hydroxylation is 1. The van der Waals surface area contributed by atoms with Crippen molar-refractivity contribution in [2.24, 2.45) is 7.05 Å². The van der Waals surface area contributed by atoms with E-state index in [2.05, 4.69) is 6.92 Å². The number of ether oxygens (including phenoxy) is 2. The summed E-state index contributed by atoms with van der Waals surface area (Å²) in [6.07, 6.45) is 3.11. The maximum atomic E-state index is 12.1. The van der Waals surface area contributed by atoms with Crippen LogP contribution in [0.25, 0.3) is 10.9 Å². The molecule has 0 aliphatic rings. The molecular formula is C17H21NO5. The zero-order valence-corrected chi connectivity index (χ0v) is 13.6. The lowest BCUT2D eigenvalue weighted by molar-refractivity contribution is 0.0694. The second-order valence-electron chi connectivity index (χ2n) is 5.34. The standard InChI is InChI=1S/C17H21NO5/c1-4-5-6-7-23-15-9-11-8-12(17(20)21)16(19)18(2)13(11)10-14(15)22-3/h8-10H,4-7H2,1-3H3,(H,20,21). The maximum Gasteiger partial charge on any atom is 0.341 e. The molecule has 1 aromatic carbocycles. The van der Waals surface area contributed by atoms with Crippen LogP contribution in [0.5, 0.6) is 11.5 Å². The second kappa shape index (κ2) is 7.17. The Kier molecular flexibility index (Phi) is 5.26. The Hall–Kier alpha value is -2.50. The number of methoxy groups -OCH3 is 1. The van der Waals surface area contributed by atoms with Gasteiger partial charge in [0.1, 0.15) is 5.56 Å². The number of pyridine rings is 1. The normalized spacial score (nSPS) is 10.7. The zero-order chi connectivity index (χ0) is 17.0. The summed E-state index contributed by atoms with van der Waals surface area (Å²) in [6, 6.07) is 4.78. The maximum absolute atomic E-state index is 12.1. The van der Waals surface area contributed by atoms with E-state index < -0.39 is 11.5 Å². The van der Waals surface area contributed by atoms with Crippen molar-refractivity contribution in [2.75, 3.05) is 13.7 Å². The van der Waals surface area contributed by atoms with E-state index in [9.17, 15) is 9.59 Å². The molecule has 6 nitrogen and oxygen atoms in total. The van der Waals surface area contributed by atoms with Crippen molar-refractivity contribution in [2.45, 2.75) is 26.2 Å². The van der Waals surface area contributed by atoms with Gasteiger partial charge in [0.25, 0.3) is 5.56 Å². The molecule has 1 heterocycles. The number of hydrogen-bond donors (Lipinski definition) is 1. The molecule has 0 fully saturated rings. The largest absolute Gasteiger partial charge is 0.493 e. The van der Waals surface area contributed by atoms with Crippen LogP contribution in [0.4, 0.5) is 0 Å². The first kappa shape index (κ1) is 16.9. The minimum atomic E-state index is -1.24. The predicted octanol–water partition coefficient (Wildman–Crippen LogP) is 2.81. The van der Waals surface area contributed by atoms with Crippen LogP contribution in [0.1, 0.15) is 36.5 Å². The molecular weight excluding hydrogens is 298 g/mol. The smallest absolute Gasteiger partial charge is 0.341 e. The number of carbonyl (C=O) groups is 1. The molecule has 0 saturated heterocycles. The van der Waals surface area contributed by atoms with Gasteiger partial charge in [-0.1, -0.05) is 19.8 Å². The van der Waals surface area contributed by atoms with Crippen LogP contribution in [0.2, 0.25) is 0 Å². The molecule has 1 N–H and O–H groups in total. The number of rotatable bonds is 7. The van der Waals surface area contributed by atoms with E-state index in [0.29, 0.717) is 29.0 Å². The summed E-state index contributed by atoms with van der Waals surface area (Å²) in [6.45, 7) is 2.68.